The fourth-order valence-electron chi connectivity index (χ4n) is 4.16. The smallest absolute Gasteiger partial charge is 0.264 e. The van der Waals surface area contributed by atoms with Gasteiger partial charge in [0.2, 0.25) is 5.91 Å². The number of halogens is 2. The summed E-state index contributed by atoms with van der Waals surface area (Å²) in [6.45, 7) is 4.14. The summed E-state index contributed by atoms with van der Waals surface area (Å²) in [6, 6.07) is 11.8. The number of hydrogen-bond acceptors (Lipinski definition) is 5. The Morgan fingerprint density at radius 2 is 1.82 bits per heavy atom. The first-order valence-electron chi connectivity index (χ1n) is 10.9. The second-order valence-electron chi connectivity index (χ2n) is 8.25. The number of benzene rings is 2. The van der Waals surface area contributed by atoms with Gasteiger partial charge in [0.05, 0.1) is 11.9 Å². The van der Waals surface area contributed by atoms with Gasteiger partial charge in [0.1, 0.15) is 24.1 Å². The van der Waals surface area contributed by atoms with Crippen LogP contribution < -0.4 is 10.5 Å². The number of aromatic nitrogens is 4. The SMILES string of the molecule is Cc1ccc(Cl)cc1-n1ncc2c(=O)n(CC(=O)N3CCN(c4ccc(F)cc4)CC3)cnc21. The highest BCUT2D eigenvalue weighted by molar-refractivity contribution is 6.30. The van der Waals surface area contributed by atoms with E-state index in [0.29, 0.717) is 42.2 Å². The molecule has 2 aromatic heterocycles. The Kier molecular flexibility index (Phi) is 5.79. The zero-order valence-electron chi connectivity index (χ0n) is 18.5. The van der Waals surface area contributed by atoms with E-state index >= 15 is 0 Å². The Balaban J connectivity index is 1.31. The van der Waals surface area contributed by atoms with Crippen LogP contribution in [0, 0.1) is 12.7 Å². The normalized spacial score (nSPS) is 14.1. The van der Waals surface area contributed by atoms with Crippen molar-refractivity contribution in [1.82, 2.24) is 24.2 Å². The molecule has 4 aromatic rings. The molecule has 0 atom stereocenters. The molecule has 10 heteroatoms. The molecule has 1 aliphatic heterocycles. The van der Waals surface area contributed by atoms with Crippen LogP contribution in [0.25, 0.3) is 16.7 Å². The molecular formula is C24H22ClFN6O2. The maximum atomic E-state index is 13.2. The zero-order valence-corrected chi connectivity index (χ0v) is 19.2. The van der Waals surface area contributed by atoms with Crippen LogP contribution in [-0.4, -0.2) is 56.3 Å². The summed E-state index contributed by atoms with van der Waals surface area (Å²) in [5, 5.41) is 5.23. The summed E-state index contributed by atoms with van der Waals surface area (Å²) in [7, 11) is 0. The lowest BCUT2D eigenvalue weighted by atomic mass is 10.2. The Morgan fingerprint density at radius 3 is 2.56 bits per heavy atom. The molecule has 1 saturated heterocycles. The number of rotatable bonds is 4. The minimum absolute atomic E-state index is 0.0975. The van der Waals surface area contributed by atoms with Gasteiger partial charge in [-0.05, 0) is 48.9 Å². The van der Waals surface area contributed by atoms with Gasteiger partial charge in [-0.3, -0.25) is 14.2 Å². The lowest BCUT2D eigenvalue weighted by Gasteiger charge is -2.36. The number of aryl methyl sites for hydroxylation is 1. The van der Waals surface area contributed by atoms with E-state index in [-0.39, 0.29) is 23.8 Å². The molecule has 34 heavy (non-hydrogen) atoms. The van der Waals surface area contributed by atoms with Crippen LogP contribution in [0.3, 0.4) is 0 Å². The number of fused-ring (bicyclic) bond motifs is 1. The second kappa shape index (κ2) is 8.90. The van der Waals surface area contributed by atoms with Gasteiger partial charge in [-0.1, -0.05) is 17.7 Å². The van der Waals surface area contributed by atoms with E-state index in [9.17, 15) is 14.0 Å². The predicted molar refractivity (Wildman–Crippen MR) is 128 cm³/mol. The van der Waals surface area contributed by atoms with Gasteiger partial charge in [-0.25, -0.2) is 14.1 Å². The highest BCUT2D eigenvalue weighted by Gasteiger charge is 2.22. The standard InChI is InChI=1S/C24H22ClFN6O2/c1-16-2-3-17(25)12-21(16)32-23-20(13-28-32)24(34)31(15-27-23)14-22(33)30-10-8-29(9-11-30)19-6-4-18(26)5-7-19/h2-7,12-13,15H,8-11,14H2,1H3. The Morgan fingerprint density at radius 1 is 1.09 bits per heavy atom. The van der Waals surface area contributed by atoms with Crippen molar-refractivity contribution in [1.29, 1.82) is 0 Å². The molecule has 1 aliphatic rings. The third-order valence-electron chi connectivity index (χ3n) is 6.08. The van der Waals surface area contributed by atoms with Gasteiger partial charge in [0.15, 0.2) is 5.65 Å². The van der Waals surface area contributed by atoms with Crippen molar-refractivity contribution in [2.24, 2.45) is 0 Å². The molecule has 2 aromatic carbocycles. The molecule has 5 rings (SSSR count). The van der Waals surface area contributed by atoms with Gasteiger partial charge < -0.3 is 9.80 Å². The lowest BCUT2D eigenvalue weighted by molar-refractivity contribution is -0.132. The fourth-order valence-corrected chi connectivity index (χ4v) is 4.33. The molecule has 0 bridgehead atoms. The fraction of sp³-hybridized carbons (Fsp3) is 0.250. The van der Waals surface area contributed by atoms with Gasteiger partial charge >= 0.3 is 0 Å². The van der Waals surface area contributed by atoms with Crippen LogP contribution in [0.15, 0.2) is 59.8 Å². The maximum Gasteiger partial charge on any atom is 0.264 e. The lowest BCUT2D eigenvalue weighted by Crippen LogP contribution is -2.50. The number of carbonyl (C=O) groups is 1. The van der Waals surface area contributed by atoms with E-state index in [0.717, 1.165) is 16.9 Å². The van der Waals surface area contributed by atoms with Crippen molar-refractivity contribution < 1.29 is 9.18 Å². The average Bonchev–Trinajstić information content (AvgIpc) is 3.28. The topological polar surface area (TPSA) is 76.3 Å². The molecule has 0 spiro atoms. The zero-order chi connectivity index (χ0) is 23.8. The van der Waals surface area contributed by atoms with Crippen LogP contribution in [-0.2, 0) is 11.3 Å². The molecule has 0 N–H and O–H groups in total. The summed E-state index contributed by atoms with van der Waals surface area (Å²) in [6.07, 6.45) is 2.85. The van der Waals surface area contributed by atoms with E-state index in [2.05, 4.69) is 15.0 Å². The van der Waals surface area contributed by atoms with Crippen LogP contribution in [0.1, 0.15) is 5.56 Å². The molecular weight excluding hydrogens is 459 g/mol. The minimum atomic E-state index is -0.325. The summed E-state index contributed by atoms with van der Waals surface area (Å²) in [4.78, 5) is 34.2. The van der Waals surface area contributed by atoms with Gasteiger partial charge in [-0.15, -0.1) is 0 Å². The third-order valence-corrected chi connectivity index (χ3v) is 6.32. The Hall–Kier alpha value is -3.72. The second-order valence-corrected chi connectivity index (χ2v) is 8.68. The van der Waals surface area contributed by atoms with E-state index in [1.165, 1.54) is 29.2 Å². The average molecular weight is 481 g/mol. The summed E-state index contributed by atoms with van der Waals surface area (Å²) >= 11 is 6.14. The third kappa shape index (κ3) is 4.14. The maximum absolute atomic E-state index is 13.2. The summed E-state index contributed by atoms with van der Waals surface area (Å²) < 4.78 is 16.1. The first-order chi connectivity index (χ1) is 16.4. The van der Waals surface area contributed by atoms with Gasteiger partial charge in [0.25, 0.3) is 5.56 Å². The van der Waals surface area contributed by atoms with E-state index in [1.807, 2.05) is 13.0 Å². The Bertz CT molecular complexity index is 1420. The number of anilines is 1. The van der Waals surface area contributed by atoms with Crippen molar-refractivity contribution in [3.63, 3.8) is 0 Å². The number of nitrogens with zero attached hydrogens (tertiary/aromatic N) is 6. The molecule has 3 heterocycles. The molecule has 0 unspecified atom stereocenters. The van der Waals surface area contributed by atoms with Crippen molar-refractivity contribution in [3.8, 4) is 5.69 Å². The van der Waals surface area contributed by atoms with Gasteiger partial charge in [-0.2, -0.15) is 5.10 Å². The van der Waals surface area contributed by atoms with Crippen LogP contribution >= 0.6 is 11.6 Å². The monoisotopic (exact) mass is 480 g/mol. The minimum Gasteiger partial charge on any atom is -0.368 e. The highest BCUT2D eigenvalue weighted by atomic mass is 35.5. The van der Waals surface area contributed by atoms with Crippen LogP contribution in [0.5, 0.6) is 0 Å². The molecule has 1 fully saturated rings. The van der Waals surface area contributed by atoms with E-state index in [4.69, 9.17) is 11.6 Å². The quantitative estimate of drug-likeness (QED) is 0.449. The number of piperazine rings is 1. The number of amides is 1. The molecule has 8 nitrogen and oxygen atoms in total. The number of hydrogen-bond donors (Lipinski definition) is 0. The largest absolute Gasteiger partial charge is 0.368 e. The molecule has 0 radical (unpaired) electrons. The first kappa shape index (κ1) is 22.1. The summed E-state index contributed by atoms with van der Waals surface area (Å²) in [5.41, 5.74) is 2.69. The van der Waals surface area contributed by atoms with Crippen molar-refractivity contribution in [2.75, 3.05) is 31.1 Å². The van der Waals surface area contributed by atoms with Crippen molar-refractivity contribution >= 4 is 34.2 Å². The summed E-state index contributed by atoms with van der Waals surface area (Å²) in [5.74, 6) is -0.429. The molecule has 0 aliphatic carbocycles. The molecule has 1 amide bonds. The predicted octanol–water partition coefficient (Wildman–Crippen LogP) is 3.03. The first-order valence-corrected chi connectivity index (χ1v) is 11.3. The molecule has 0 saturated carbocycles. The van der Waals surface area contributed by atoms with Crippen molar-refractivity contribution in [2.45, 2.75) is 13.5 Å². The van der Waals surface area contributed by atoms with Gasteiger partial charge in [0, 0.05) is 36.9 Å². The van der Waals surface area contributed by atoms with Crippen LogP contribution in [0.4, 0.5) is 10.1 Å². The van der Waals surface area contributed by atoms with E-state index < -0.39 is 0 Å². The Labute approximate surface area is 199 Å². The van der Waals surface area contributed by atoms with Crippen LogP contribution in [0.2, 0.25) is 5.02 Å². The molecule has 174 valence electrons. The van der Waals surface area contributed by atoms with E-state index in [1.54, 1.807) is 33.8 Å². The highest BCUT2D eigenvalue weighted by Crippen LogP contribution is 2.22. The van der Waals surface area contributed by atoms with Crippen molar-refractivity contribution in [3.05, 3.63) is 81.7 Å². The number of carbonyl (C=O) groups excluding carboxylic acids is 1.